The van der Waals surface area contributed by atoms with Crippen LogP contribution in [0.15, 0.2) is 24.3 Å². The van der Waals surface area contributed by atoms with Gasteiger partial charge in [0.2, 0.25) is 0 Å². The Morgan fingerprint density at radius 3 is 2.75 bits per heavy atom. The van der Waals surface area contributed by atoms with Crippen molar-refractivity contribution in [1.82, 2.24) is 10.2 Å². The monoisotopic (exact) mass is 220 g/mol. The van der Waals surface area contributed by atoms with Gasteiger partial charge in [-0.2, -0.15) is 0 Å². The maximum atomic E-state index is 3.55. The fourth-order valence-corrected chi connectivity index (χ4v) is 1.69. The van der Waals surface area contributed by atoms with Gasteiger partial charge in [-0.3, -0.25) is 0 Å². The second-order valence-corrected chi connectivity index (χ2v) is 4.49. The van der Waals surface area contributed by atoms with Crippen LogP contribution in [-0.2, 0) is 0 Å². The Morgan fingerprint density at radius 1 is 1.38 bits per heavy atom. The van der Waals surface area contributed by atoms with E-state index in [0.717, 1.165) is 19.6 Å². The van der Waals surface area contributed by atoms with Crippen LogP contribution < -0.4 is 5.32 Å². The molecule has 1 rings (SSSR count). The lowest BCUT2D eigenvalue weighted by molar-refractivity contribution is 0.342. The van der Waals surface area contributed by atoms with Crippen molar-refractivity contribution in [2.45, 2.75) is 26.8 Å². The molecular formula is C14H24N2. The van der Waals surface area contributed by atoms with E-state index in [9.17, 15) is 0 Å². The minimum atomic E-state index is 0.435. The molecule has 0 heterocycles. The van der Waals surface area contributed by atoms with E-state index in [4.69, 9.17) is 0 Å². The molecule has 1 unspecified atom stereocenters. The zero-order valence-corrected chi connectivity index (χ0v) is 11.0. The molecule has 0 spiro atoms. The fraction of sp³-hybridized carbons (Fsp3) is 0.571. The van der Waals surface area contributed by atoms with E-state index in [2.05, 4.69) is 62.3 Å². The Balaban J connectivity index is 2.38. The van der Waals surface area contributed by atoms with Gasteiger partial charge in [-0.15, -0.1) is 0 Å². The van der Waals surface area contributed by atoms with E-state index < -0.39 is 0 Å². The quantitative estimate of drug-likeness (QED) is 0.792. The van der Waals surface area contributed by atoms with Gasteiger partial charge in [0.15, 0.2) is 0 Å². The molecule has 0 aliphatic rings. The average molecular weight is 220 g/mol. The van der Waals surface area contributed by atoms with Gasteiger partial charge in [0.25, 0.3) is 0 Å². The van der Waals surface area contributed by atoms with Crippen LogP contribution in [0.25, 0.3) is 0 Å². The Bertz CT molecular complexity index is 309. The molecule has 2 heteroatoms. The third-order valence-corrected chi connectivity index (χ3v) is 3.03. The Morgan fingerprint density at radius 2 is 2.12 bits per heavy atom. The number of aryl methyl sites for hydroxylation is 1. The molecular weight excluding hydrogens is 196 g/mol. The van der Waals surface area contributed by atoms with Crippen molar-refractivity contribution in [2.24, 2.45) is 0 Å². The summed E-state index contributed by atoms with van der Waals surface area (Å²) in [6.45, 7) is 9.80. The average Bonchev–Trinajstić information content (AvgIpc) is 2.28. The first kappa shape index (κ1) is 13.2. The van der Waals surface area contributed by atoms with Crippen LogP contribution in [-0.4, -0.2) is 31.6 Å². The molecule has 0 aliphatic heterocycles. The topological polar surface area (TPSA) is 15.3 Å². The number of rotatable bonds is 6. The number of benzene rings is 1. The van der Waals surface area contributed by atoms with E-state index in [0.29, 0.717) is 6.04 Å². The molecule has 0 fully saturated rings. The second-order valence-electron chi connectivity index (χ2n) is 4.49. The Hall–Kier alpha value is -0.860. The van der Waals surface area contributed by atoms with Crippen LogP contribution in [0.4, 0.5) is 0 Å². The maximum absolute atomic E-state index is 3.55. The molecule has 90 valence electrons. The van der Waals surface area contributed by atoms with Gasteiger partial charge < -0.3 is 10.2 Å². The lowest BCUT2D eigenvalue weighted by atomic mass is 10.1. The van der Waals surface area contributed by atoms with Crippen molar-refractivity contribution in [1.29, 1.82) is 0 Å². The van der Waals surface area contributed by atoms with Gasteiger partial charge in [0.05, 0.1) is 0 Å². The van der Waals surface area contributed by atoms with E-state index >= 15 is 0 Å². The molecule has 16 heavy (non-hydrogen) atoms. The molecule has 1 aromatic carbocycles. The predicted octanol–water partition coefficient (Wildman–Crippen LogP) is 2.60. The standard InChI is InChI=1S/C14H24N2/c1-5-16(4)10-9-15-13(3)14-8-6-7-12(2)11-14/h6-8,11,13,15H,5,9-10H2,1-4H3. The molecule has 0 aromatic heterocycles. The summed E-state index contributed by atoms with van der Waals surface area (Å²) >= 11 is 0. The molecule has 0 amide bonds. The van der Waals surface area contributed by atoms with E-state index in [-0.39, 0.29) is 0 Å². The minimum absolute atomic E-state index is 0.435. The van der Waals surface area contributed by atoms with Crippen molar-refractivity contribution in [3.05, 3.63) is 35.4 Å². The zero-order valence-electron chi connectivity index (χ0n) is 11.0. The highest BCUT2D eigenvalue weighted by molar-refractivity contribution is 5.24. The van der Waals surface area contributed by atoms with E-state index in [1.165, 1.54) is 11.1 Å². The molecule has 0 bridgehead atoms. The summed E-state index contributed by atoms with van der Waals surface area (Å²) in [6.07, 6.45) is 0. The highest BCUT2D eigenvalue weighted by Crippen LogP contribution is 2.13. The molecule has 1 N–H and O–H groups in total. The van der Waals surface area contributed by atoms with Crippen LogP contribution in [0.2, 0.25) is 0 Å². The fourth-order valence-electron chi connectivity index (χ4n) is 1.69. The predicted molar refractivity (Wildman–Crippen MR) is 70.8 cm³/mol. The number of likely N-dealkylation sites (N-methyl/N-ethyl adjacent to an activating group) is 1. The summed E-state index contributed by atoms with van der Waals surface area (Å²) in [5.41, 5.74) is 2.70. The SMILES string of the molecule is CCN(C)CCNC(C)c1cccc(C)c1. The summed E-state index contributed by atoms with van der Waals surface area (Å²) in [6, 6.07) is 9.14. The van der Waals surface area contributed by atoms with Crippen molar-refractivity contribution in [3.63, 3.8) is 0 Å². The summed E-state index contributed by atoms with van der Waals surface area (Å²) in [5.74, 6) is 0. The van der Waals surface area contributed by atoms with Gasteiger partial charge in [-0.1, -0.05) is 36.8 Å². The van der Waals surface area contributed by atoms with Crippen molar-refractivity contribution in [2.75, 3.05) is 26.7 Å². The highest BCUT2D eigenvalue weighted by atomic mass is 15.1. The molecule has 2 nitrogen and oxygen atoms in total. The Kier molecular flexibility index (Phi) is 5.50. The summed E-state index contributed by atoms with van der Waals surface area (Å²) in [4.78, 5) is 2.32. The molecule has 1 aromatic rings. The first-order valence-corrected chi connectivity index (χ1v) is 6.12. The van der Waals surface area contributed by atoms with Crippen molar-refractivity contribution in [3.8, 4) is 0 Å². The smallest absolute Gasteiger partial charge is 0.0292 e. The number of hydrogen-bond acceptors (Lipinski definition) is 2. The molecule has 0 saturated carbocycles. The summed E-state index contributed by atoms with van der Waals surface area (Å²) < 4.78 is 0. The third kappa shape index (κ3) is 4.33. The maximum Gasteiger partial charge on any atom is 0.0292 e. The van der Waals surface area contributed by atoms with Gasteiger partial charge >= 0.3 is 0 Å². The second kappa shape index (κ2) is 6.66. The van der Waals surface area contributed by atoms with E-state index in [1.54, 1.807) is 0 Å². The highest BCUT2D eigenvalue weighted by Gasteiger charge is 2.04. The van der Waals surface area contributed by atoms with Gasteiger partial charge in [-0.05, 0) is 33.0 Å². The lowest BCUT2D eigenvalue weighted by Crippen LogP contribution is -2.30. The summed E-state index contributed by atoms with van der Waals surface area (Å²) in [5, 5.41) is 3.55. The van der Waals surface area contributed by atoms with Gasteiger partial charge in [0, 0.05) is 19.1 Å². The molecule has 0 aliphatic carbocycles. The van der Waals surface area contributed by atoms with Crippen LogP contribution in [0.5, 0.6) is 0 Å². The van der Waals surface area contributed by atoms with Crippen LogP contribution >= 0.6 is 0 Å². The third-order valence-electron chi connectivity index (χ3n) is 3.03. The lowest BCUT2D eigenvalue weighted by Gasteiger charge is -2.18. The number of hydrogen-bond donors (Lipinski definition) is 1. The largest absolute Gasteiger partial charge is 0.309 e. The molecule has 1 atom stereocenters. The Labute approximate surface area is 99.7 Å². The molecule has 0 saturated heterocycles. The minimum Gasteiger partial charge on any atom is -0.309 e. The van der Waals surface area contributed by atoms with Crippen molar-refractivity contribution >= 4 is 0 Å². The van der Waals surface area contributed by atoms with Gasteiger partial charge in [0.1, 0.15) is 0 Å². The van der Waals surface area contributed by atoms with E-state index in [1.807, 2.05) is 0 Å². The zero-order chi connectivity index (χ0) is 12.0. The number of nitrogens with zero attached hydrogens (tertiary/aromatic N) is 1. The van der Waals surface area contributed by atoms with Gasteiger partial charge in [-0.25, -0.2) is 0 Å². The van der Waals surface area contributed by atoms with Crippen LogP contribution in [0.1, 0.15) is 31.0 Å². The molecule has 0 radical (unpaired) electrons. The normalized spacial score (nSPS) is 13.1. The number of nitrogens with one attached hydrogen (secondary N) is 1. The van der Waals surface area contributed by atoms with Crippen molar-refractivity contribution < 1.29 is 0 Å². The first-order valence-electron chi connectivity index (χ1n) is 6.12. The summed E-state index contributed by atoms with van der Waals surface area (Å²) in [7, 11) is 2.15. The van der Waals surface area contributed by atoms with Crippen LogP contribution in [0.3, 0.4) is 0 Å². The first-order chi connectivity index (χ1) is 7.63. The van der Waals surface area contributed by atoms with Crippen LogP contribution in [0, 0.1) is 6.92 Å².